The molecule has 4 nitrogen and oxygen atoms in total. The van der Waals surface area contributed by atoms with Crippen LogP contribution in [0.1, 0.15) is 11.1 Å². The van der Waals surface area contributed by atoms with E-state index in [1.807, 2.05) is 25.1 Å². The molecule has 106 valence electrons. The normalized spacial score (nSPS) is 10.2. The third kappa shape index (κ3) is 3.22. The van der Waals surface area contributed by atoms with Crippen LogP contribution >= 0.6 is 0 Å². The zero-order chi connectivity index (χ0) is 14.5. The summed E-state index contributed by atoms with van der Waals surface area (Å²) in [5.41, 5.74) is 1.88. The lowest BCUT2D eigenvalue weighted by Crippen LogP contribution is -1.92. The standard InChI is InChI=1S/C16H18O4/c1-11-6-13(5-4-12(11)10-17)20-16-8-14(18-2)7-15(9-16)19-3/h4-9,17H,10H2,1-3H3. The number of benzene rings is 2. The summed E-state index contributed by atoms with van der Waals surface area (Å²) in [4.78, 5) is 0. The topological polar surface area (TPSA) is 47.9 Å². The molecule has 0 aromatic heterocycles. The van der Waals surface area contributed by atoms with Gasteiger partial charge in [-0.05, 0) is 30.2 Å². The van der Waals surface area contributed by atoms with E-state index in [4.69, 9.17) is 19.3 Å². The smallest absolute Gasteiger partial charge is 0.134 e. The molecule has 0 unspecified atom stereocenters. The molecule has 0 saturated carbocycles. The minimum Gasteiger partial charge on any atom is -0.496 e. The van der Waals surface area contributed by atoms with Crippen LogP contribution in [-0.4, -0.2) is 19.3 Å². The van der Waals surface area contributed by atoms with Crippen LogP contribution in [0.25, 0.3) is 0 Å². The van der Waals surface area contributed by atoms with Crippen molar-refractivity contribution in [2.24, 2.45) is 0 Å². The molecule has 2 aromatic rings. The molecule has 0 aliphatic heterocycles. The highest BCUT2D eigenvalue weighted by molar-refractivity contribution is 5.45. The van der Waals surface area contributed by atoms with Crippen molar-refractivity contribution in [1.82, 2.24) is 0 Å². The lowest BCUT2D eigenvalue weighted by Gasteiger charge is -2.11. The second-order valence-corrected chi connectivity index (χ2v) is 4.40. The molecule has 2 rings (SSSR count). The number of methoxy groups -OCH3 is 2. The molecule has 0 saturated heterocycles. The van der Waals surface area contributed by atoms with Gasteiger partial charge in [0.05, 0.1) is 20.8 Å². The van der Waals surface area contributed by atoms with Crippen LogP contribution in [0.3, 0.4) is 0 Å². The van der Waals surface area contributed by atoms with Crippen molar-refractivity contribution in [2.45, 2.75) is 13.5 Å². The Labute approximate surface area is 118 Å². The summed E-state index contributed by atoms with van der Waals surface area (Å²) < 4.78 is 16.2. The maximum atomic E-state index is 9.16. The number of hydrogen-bond acceptors (Lipinski definition) is 4. The van der Waals surface area contributed by atoms with Crippen molar-refractivity contribution in [3.05, 3.63) is 47.5 Å². The zero-order valence-corrected chi connectivity index (χ0v) is 11.8. The molecular weight excluding hydrogens is 256 g/mol. The molecular formula is C16H18O4. The van der Waals surface area contributed by atoms with Crippen LogP contribution in [0, 0.1) is 6.92 Å². The highest BCUT2D eigenvalue weighted by atomic mass is 16.5. The number of aryl methyl sites for hydroxylation is 1. The Morgan fingerprint density at radius 2 is 1.45 bits per heavy atom. The summed E-state index contributed by atoms with van der Waals surface area (Å²) in [5.74, 6) is 2.68. The molecule has 2 aromatic carbocycles. The summed E-state index contributed by atoms with van der Waals surface area (Å²) in [6.45, 7) is 1.96. The van der Waals surface area contributed by atoms with Crippen molar-refractivity contribution in [1.29, 1.82) is 0 Å². The van der Waals surface area contributed by atoms with Crippen LogP contribution in [0.4, 0.5) is 0 Å². The van der Waals surface area contributed by atoms with Crippen LogP contribution in [-0.2, 0) is 6.61 Å². The summed E-state index contributed by atoms with van der Waals surface area (Å²) in [7, 11) is 3.19. The number of aliphatic hydroxyl groups excluding tert-OH is 1. The van der Waals surface area contributed by atoms with E-state index >= 15 is 0 Å². The molecule has 0 radical (unpaired) electrons. The van der Waals surface area contributed by atoms with Gasteiger partial charge in [-0.3, -0.25) is 0 Å². The van der Waals surface area contributed by atoms with Gasteiger partial charge in [0.1, 0.15) is 23.0 Å². The molecule has 0 fully saturated rings. The Hall–Kier alpha value is -2.20. The fourth-order valence-corrected chi connectivity index (χ4v) is 1.89. The zero-order valence-electron chi connectivity index (χ0n) is 11.8. The first kappa shape index (κ1) is 14.2. The Balaban J connectivity index is 2.27. The van der Waals surface area contributed by atoms with Crippen molar-refractivity contribution in [3.8, 4) is 23.0 Å². The lowest BCUT2D eigenvalue weighted by molar-refractivity contribution is 0.281. The van der Waals surface area contributed by atoms with E-state index in [2.05, 4.69) is 0 Å². The Morgan fingerprint density at radius 3 is 1.95 bits per heavy atom. The second kappa shape index (κ2) is 6.30. The van der Waals surface area contributed by atoms with Gasteiger partial charge >= 0.3 is 0 Å². The fraction of sp³-hybridized carbons (Fsp3) is 0.250. The average Bonchev–Trinajstić information content (AvgIpc) is 2.47. The van der Waals surface area contributed by atoms with Crippen LogP contribution in [0.15, 0.2) is 36.4 Å². The summed E-state index contributed by atoms with van der Waals surface area (Å²) in [6.07, 6.45) is 0. The van der Waals surface area contributed by atoms with Crippen LogP contribution in [0.2, 0.25) is 0 Å². The van der Waals surface area contributed by atoms with Gasteiger partial charge in [0.15, 0.2) is 0 Å². The average molecular weight is 274 g/mol. The van der Waals surface area contributed by atoms with Crippen LogP contribution in [0.5, 0.6) is 23.0 Å². The van der Waals surface area contributed by atoms with Gasteiger partial charge < -0.3 is 19.3 Å². The second-order valence-electron chi connectivity index (χ2n) is 4.40. The number of rotatable bonds is 5. The van der Waals surface area contributed by atoms with E-state index in [9.17, 15) is 0 Å². The molecule has 0 heterocycles. The molecule has 0 atom stereocenters. The van der Waals surface area contributed by atoms with Gasteiger partial charge in [-0.1, -0.05) is 6.07 Å². The highest BCUT2D eigenvalue weighted by Gasteiger charge is 2.05. The minimum atomic E-state index is 0.0269. The molecule has 1 N–H and O–H groups in total. The largest absolute Gasteiger partial charge is 0.496 e. The van der Waals surface area contributed by atoms with Gasteiger partial charge in [0.25, 0.3) is 0 Å². The van der Waals surface area contributed by atoms with Gasteiger partial charge in [-0.2, -0.15) is 0 Å². The minimum absolute atomic E-state index is 0.0269. The van der Waals surface area contributed by atoms with Gasteiger partial charge in [-0.15, -0.1) is 0 Å². The molecule has 4 heteroatoms. The van der Waals surface area contributed by atoms with Gasteiger partial charge in [-0.25, -0.2) is 0 Å². The third-order valence-electron chi connectivity index (χ3n) is 3.05. The molecule has 0 aliphatic rings. The SMILES string of the molecule is COc1cc(OC)cc(Oc2ccc(CO)c(C)c2)c1. The number of ether oxygens (including phenoxy) is 3. The van der Waals surface area contributed by atoms with Crippen LogP contribution < -0.4 is 14.2 Å². The molecule has 0 amide bonds. The predicted octanol–water partition coefficient (Wildman–Crippen LogP) is 3.30. The van der Waals surface area contributed by atoms with Gasteiger partial charge in [0, 0.05) is 18.2 Å². The first-order valence-electron chi connectivity index (χ1n) is 6.27. The summed E-state index contributed by atoms with van der Waals surface area (Å²) in [5, 5.41) is 9.16. The first-order chi connectivity index (χ1) is 9.66. The van der Waals surface area contributed by atoms with Crippen molar-refractivity contribution in [3.63, 3.8) is 0 Å². The van der Waals surface area contributed by atoms with Crippen molar-refractivity contribution >= 4 is 0 Å². The highest BCUT2D eigenvalue weighted by Crippen LogP contribution is 2.31. The van der Waals surface area contributed by atoms with E-state index < -0.39 is 0 Å². The van der Waals surface area contributed by atoms with Gasteiger partial charge in [0.2, 0.25) is 0 Å². The summed E-state index contributed by atoms with van der Waals surface area (Å²) in [6, 6.07) is 10.9. The quantitative estimate of drug-likeness (QED) is 0.908. The Morgan fingerprint density at radius 1 is 0.850 bits per heavy atom. The molecule has 0 aliphatic carbocycles. The van der Waals surface area contributed by atoms with E-state index in [0.29, 0.717) is 23.0 Å². The Bertz CT molecular complexity index is 571. The maximum absolute atomic E-state index is 9.16. The lowest BCUT2D eigenvalue weighted by atomic mass is 10.1. The van der Waals surface area contributed by atoms with Crippen molar-refractivity contribution in [2.75, 3.05) is 14.2 Å². The molecule has 0 spiro atoms. The Kier molecular flexibility index (Phi) is 4.48. The maximum Gasteiger partial charge on any atom is 0.134 e. The predicted molar refractivity (Wildman–Crippen MR) is 76.7 cm³/mol. The molecule has 0 bridgehead atoms. The van der Waals surface area contributed by atoms with E-state index in [1.165, 1.54) is 0 Å². The number of hydrogen-bond donors (Lipinski definition) is 1. The third-order valence-corrected chi connectivity index (χ3v) is 3.05. The number of aliphatic hydroxyl groups is 1. The molecule has 20 heavy (non-hydrogen) atoms. The van der Waals surface area contributed by atoms with E-state index in [-0.39, 0.29) is 6.61 Å². The fourth-order valence-electron chi connectivity index (χ4n) is 1.89. The first-order valence-corrected chi connectivity index (χ1v) is 6.27. The van der Waals surface area contributed by atoms with E-state index in [0.717, 1.165) is 11.1 Å². The van der Waals surface area contributed by atoms with Crippen molar-refractivity contribution < 1.29 is 19.3 Å². The van der Waals surface area contributed by atoms with E-state index in [1.54, 1.807) is 32.4 Å². The summed E-state index contributed by atoms with van der Waals surface area (Å²) >= 11 is 0. The monoisotopic (exact) mass is 274 g/mol.